The number of carbonyl (C=O) groups is 1. The van der Waals surface area contributed by atoms with Crippen LogP contribution < -0.4 is 0 Å². The summed E-state index contributed by atoms with van der Waals surface area (Å²) in [6.07, 6.45) is 5.27. The predicted octanol–water partition coefficient (Wildman–Crippen LogP) is 0.996. The van der Waals surface area contributed by atoms with Gasteiger partial charge in [-0.2, -0.15) is 0 Å². The van der Waals surface area contributed by atoms with Gasteiger partial charge in [0, 0.05) is 32.7 Å². The minimum Gasteiger partial charge on any atom is -0.459 e. The molecule has 1 fully saturated rings. The molecule has 3 N–H and O–H groups in total. The van der Waals surface area contributed by atoms with Crippen LogP contribution in [-0.4, -0.2) is 46.7 Å². The highest BCUT2D eigenvalue weighted by molar-refractivity contribution is 5.69. The summed E-state index contributed by atoms with van der Waals surface area (Å²) in [5.41, 5.74) is -0.534. The van der Waals surface area contributed by atoms with Crippen molar-refractivity contribution in [3.63, 3.8) is 0 Å². The molecular formula is C14H26O5. The van der Waals surface area contributed by atoms with Crippen molar-refractivity contribution in [2.45, 2.75) is 57.0 Å². The monoisotopic (exact) mass is 274 g/mol. The van der Waals surface area contributed by atoms with E-state index in [9.17, 15) is 9.90 Å². The third-order valence-corrected chi connectivity index (χ3v) is 3.99. The van der Waals surface area contributed by atoms with Crippen LogP contribution in [-0.2, 0) is 9.53 Å². The zero-order valence-corrected chi connectivity index (χ0v) is 11.5. The van der Waals surface area contributed by atoms with E-state index >= 15 is 0 Å². The van der Waals surface area contributed by atoms with Crippen LogP contribution >= 0.6 is 0 Å². The zero-order valence-electron chi connectivity index (χ0n) is 11.5. The van der Waals surface area contributed by atoms with E-state index < -0.39 is 5.60 Å². The van der Waals surface area contributed by atoms with Crippen molar-refractivity contribution in [2.24, 2.45) is 5.92 Å². The summed E-state index contributed by atoms with van der Waals surface area (Å²) in [4.78, 5) is 11.7. The lowest BCUT2D eigenvalue weighted by Gasteiger charge is -2.39. The van der Waals surface area contributed by atoms with Crippen LogP contribution in [0.15, 0.2) is 0 Å². The summed E-state index contributed by atoms with van der Waals surface area (Å²) in [5, 5.41) is 26.8. The molecule has 0 unspecified atom stereocenters. The number of carbonyl (C=O) groups excluding carboxylic acids is 1. The molecule has 5 heteroatoms. The van der Waals surface area contributed by atoms with Gasteiger partial charge in [0.05, 0.1) is 0 Å². The molecule has 0 amide bonds. The number of aliphatic hydroxyl groups excluding tert-OH is 3. The van der Waals surface area contributed by atoms with E-state index in [1.165, 1.54) is 0 Å². The zero-order chi connectivity index (χ0) is 14.1. The molecule has 1 aliphatic carbocycles. The molecule has 0 bridgehead atoms. The molecule has 19 heavy (non-hydrogen) atoms. The Labute approximate surface area is 114 Å². The highest BCUT2D eigenvalue weighted by Gasteiger charge is 2.37. The molecule has 0 aromatic rings. The molecular weight excluding hydrogens is 248 g/mol. The maximum absolute atomic E-state index is 11.7. The van der Waals surface area contributed by atoms with Gasteiger partial charge in [-0.05, 0) is 44.4 Å². The van der Waals surface area contributed by atoms with Crippen LogP contribution in [0, 0.1) is 5.92 Å². The first-order valence-electron chi connectivity index (χ1n) is 7.20. The van der Waals surface area contributed by atoms with Crippen molar-refractivity contribution in [3.8, 4) is 0 Å². The van der Waals surface area contributed by atoms with Crippen molar-refractivity contribution < 1.29 is 24.9 Å². The first-order valence-corrected chi connectivity index (χ1v) is 7.20. The molecule has 0 radical (unpaired) electrons. The fourth-order valence-electron chi connectivity index (χ4n) is 2.80. The number of hydrogen-bond donors (Lipinski definition) is 3. The maximum Gasteiger partial charge on any atom is 0.306 e. The summed E-state index contributed by atoms with van der Waals surface area (Å²) in [7, 11) is 0. The largest absolute Gasteiger partial charge is 0.459 e. The molecule has 1 rings (SSSR count). The molecule has 0 saturated heterocycles. The molecule has 0 atom stereocenters. The smallest absolute Gasteiger partial charge is 0.306 e. The molecule has 1 saturated carbocycles. The molecule has 1 aliphatic rings. The van der Waals surface area contributed by atoms with Gasteiger partial charge in [0.1, 0.15) is 5.60 Å². The van der Waals surface area contributed by atoms with E-state index in [2.05, 4.69) is 0 Å². The molecule has 0 aromatic heterocycles. The average molecular weight is 274 g/mol. The van der Waals surface area contributed by atoms with E-state index in [0.717, 1.165) is 32.1 Å². The van der Waals surface area contributed by atoms with Gasteiger partial charge in [-0.1, -0.05) is 0 Å². The van der Waals surface area contributed by atoms with Gasteiger partial charge in [0.2, 0.25) is 0 Å². The van der Waals surface area contributed by atoms with Crippen molar-refractivity contribution in [2.75, 3.05) is 19.8 Å². The van der Waals surface area contributed by atoms with Gasteiger partial charge < -0.3 is 20.1 Å². The normalized spacial score (nSPS) is 27.2. The van der Waals surface area contributed by atoms with E-state index in [-0.39, 0.29) is 32.2 Å². The predicted molar refractivity (Wildman–Crippen MR) is 70.5 cm³/mol. The SMILES string of the molecule is O=C(CCCO)OC1(CCO)CCC(CCO)CC1. The third-order valence-electron chi connectivity index (χ3n) is 3.99. The van der Waals surface area contributed by atoms with Gasteiger partial charge in [-0.25, -0.2) is 0 Å². The lowest BCUT2D eigenvalue weighted by atomic mass is 9.76. The van der Waals surface area contributed by atoms with E-state index in [1.807, 2.05) is 0 Å². The van der Waals surface area contributed by atoms with Gasteiger partial charge in [-0.3, -0.25) is 4.79 Å². The number of rotatable bonds is 8. The average Bonchev–Trinajstić information content (AvgIpc) is 2.40. The second-order valence-electron chi connectivity index (χ2n) is 5.41. The molecule has 112 valence electrons. The van der Waals surface area contributed by atoms with Gasteiger partial charge in [-0.15, -0.1) is 0 Å². The molecule has 5 nitrogen and oxygen atoms in total. The minimum absolute atomic E-state index is 0.0119. The first-order chi connectivity index (χ1) is 9.15. The molecule has 0 aromatic carbocycles. The second-order valence-corrected chi connectivity index (χ2v) is 5.41. The number of esters is 1. The third kappa shape index (κ3) is 5.47. The summed E-state index contributed by atoms with van der Waals surface area (Å²) in [5.74, 6) is 0.205. The quantitative estimate of drug-likeness (QED) is 0.575. The van der Waals surface area contributed by atoms with Crippen LogP contribution in [0.25, 0.3) is 0 Å². The van der Waals surface area contributed by atoms with E-state index in [0.29, 0.717) is 18.8 Å². The lowest BCUT2D eigenvalue weighted by molar-refractivity contribution is -0.167. The van der Waals surface area contributed by atoms with E-state index in [4.69, 9.17) is 14.9 Å². The Morgan fingerprint density at radius 1 is 1.11 bits per heavy atom. The van der Waals surface area contributed by atoms with Crippen molar-refractivity contribution in [1.29, 1.82) is 0 Å². The summed E-state index contributed by atoms with van der Waals surface area (Å²) in [6, 6.07) is 0. The fourth-order valence-corrected chi connectivity index (χ4v) is 2.80. The van der Waals surface area contributed by atoms with Crippen molar-refractivity contribution in [1.82, 2.24) is 0 Å². The highest BCUT2D eigenvalue weighted by atomic mass is 16.6. The number of aliphatic hydroxyl groups is 3. The highest BCUT2D eigenvalue weighted by Crippen LogP contribution is 2.38. The Bertz CT molecular complexity index is 259. The minimum atomic E-state index is -0.534. The fraction of sp³-hybridized carbons (Fsp3) is 0.929. The number of hydrogen-bond acceptors (Lipinski definition) is 5. The Morgan fingerprint density at radius 3 is 2.32 bits per heavy atom. The molecule has 0 aliphatic heterocycles. The Balaban J connectivity index is 2.49. The molecule has 0 heterocycles. The van der Waals surface area contributed by atoms with Crippen LogP contribution in [0.4, 0.5) is 0 Å². The summed E-state index contributed by atoms with van der Waals surface area (Å²) in [6.45, 7) is 0.201. The second kappa shape index (κ2) is 8.51. The topological polar surface area (TPSA) is 87.0 Å². The Kier molecular flexibility index (Phi) is 7.34. The first kappa shape index (κ1) is 16.4. The lowest BCUT2D eigenvalue weighted by Crippen LogP contribution is -2.40. The van der Waals surface area contributed by atoms with Crippen LogP contribution in [0.2, 0.25) is 0 Å². The van der Waals surface area contributed by atoms with Gasteiger partial charge in [0.25, 0.3) is 0 Å². The standard InChI is InChI=1S/C14H26O5/c15-9-1-2-13(18)19-14(8-11-17)6-3-12(4-7-14)5-10-16/h12,15-17H,1-11H2. The molecule has 0 spiro atoms. The Hall–Kier alpha value is -0.650. The maximum atomic E-state index is 11.7. The van der Waals surface area contributed by atoms with Crippen molar-refractivity contribution >= 4 is 5.97 Å². The van der Waals surface area contributed by atoms with Crippen LogP contribution in [0.1, 0.15) is 51.4 Å². The van der Waals surface area contributed by atoms with Crippen molar-refractivity contribution in [3.05, 3.63) is 0 Å². The summed E-state index contributed by atoms with van der Waals surface area (Å²) < 4.78 is 5.58. The van der Waals surface area contributed by atoms with E-state index in [1.54, 1.807) is 0 Å². The number of ether oxygens (including phenoxy) is 1. The summed E-state index contributed by atoms with van der Waals surface area (Å²) >= 11 is 0. The van der Waals surface area contributed by atoms with Crippen LogP contribution in [0.5, 0.6) is 0 Å². The Morgan fingerprint density at radius 2 is 1.79 bits per heavy atom. The van der Waals surface area contributed by atoms with Gasteiger partial charge in [0.15, 0.2) is 0 Å². The van der Waals surface area contributed by atoms with Gasteiger partial charge >= 0.3 is 5.97 Å². The van der Waals surface area contributed by atoms with Crippen LogP contribution in [0.3, 0.4) is 0 Å².